The number of rotatable bonds is 6. The summed E-state index contributed by atoms with van der Waals surface area (Å²) in [6.45, 7) is 5.58. The Bertz CT molecular complexity index is 1690. The first-order valence-electron chi connectivity index (χ1n) is 13.6. The third-order valence-corrected chi connectivity index (χ3v) is 8.26. The van der Waals surface area contributed by atoms with Crippen molar-refractivity contribution in [2.75, 3.05) is 12.4 Å². The van der Waals surface area contributed by atoms with Crippen LogP contribution in [0.2, 0.25) is 10.0 Å². The first-order valence-corrected chi connectivity index (χ1v) is 14.4. The van der Waals surface area contributed by atoms with Crippen molar-refractivity contribution in [1.29, 1.82) is 5.26 Å². The Morgan fingerprint density at radius 3 is 2.33 bits per heavy atom. The summed E-state index contributed by atoms with van der Waals surface area (Å²) in [4.78, 5) is 26.0. The van der Waals surface area contributed by atoms with Crippen molar-refractivity contribution in [3.8, 4) is 6.07 Å². The quantitative estimate of drug-likeness (QED) is 0.205. The Morgan fingerprint density at radius 2 is 1.76 bits per heavy atom. The summed E-state index contributed by atoms with van der Waals surface area (Å²) in [6.07, 6.45) is -4.79. The number of hydrogen-bond acceptors (Lipinski definition) is 5. The molecule has 1 aliphatic heterocycles. The van der Waals surface area contributed by atoms with Crippen LogP contribution in [0.1, 0.15) is 60.2 Å². The molecule has 0 radical (unpaired) electrons. The largest absolute Gasteiger partial charge is 0.465 e. The average molecular weight is 668 g/mol. The first kappa shape index (κ1) is 34.2. The predicted molar refractivity (Wildman–Crippen MR) is 159 cm³/mol. The van der Waals surface area contributed by atoms with Crippen molar-refractivity contribution < 1.29 is 36.3 Å². The minimum Gasteiger partial charge on any atom is -0.465 e. The highest BCUT2D eigenvalue weighted by molar-refractivity contribution is 6.31. The van der Waals surface area contributed by atoms with Crippen LogP contribution in [0.25, 0.3) is 0 Å². The summed E-state index contributed by atoms with van der Waals surface area (Å²) >= 11 is 12.1. The van der Waals surface area contributed by atoms with E-state index in [0.717, 1.165) is 25.3 Å². The summed E-state index contributed by atoms with van der Waals surface area (Å²) in [5, 5.41) is 16.1. The van der Waals surface area contributed by atoms with E-state index in [2.05, 4.69) is 21.4 Å². The summed E-state index contributed by atoms with van der Waals surface area (Å²) in [5.41, 5.74) is -5.24. The van der Waals surface area contributed by atoms with E-state index in [0.29, 0.717) is 6.07 Å². The third-order valence-electron chi connectivity index (χ3n) is 7.73. The molecule has 1 fully saturated rings. The smallest absolute Gasteiger partial charge is 0.417 e. The maximum Gasteiger partial charge on any atom is 0.417 e. The molecule has 4 rings (SSSR count). The van der Waals surface area contributed by atoms with Gasteiger partial charge in [0, 0.05) is 28.2 Å². The number of amides is 1. The second kappa shape index (κ2) is 12.6. The van der Waals surface area contributed by atoms with Crippen LogP contribution in [-0.4, -0.2) is 31.1 Å². The van der Waals surface area contributed by atoms with Crippen LogP contribution in [-0.2, 0) is 21.1 Å². The molecule has 3 aromatic rings. The van der Waals surface area contributed by atoms with Crippen LogP contribution >= 0.6 is 23.2 Å². The van der Waals surface area contributed by atoms with Gasteiger partial charge in [-0.05, 0) is 53.8 Å². The molecule has 238 valence electrons. The number of methoxy groups -OCH3 is 1. The number of ether oxygens (including phenoxy) is 1. The monoisotopic (exact) mass is 667 g/mol. The number of esters is 1. The van der Waals surface area contributed by atoms with Gasteiger partial charge in [-0.1, -0.05) is 62.2 Å². The highest BCUT2D eigenvalue weighted by Gasteiger charge is 2.61. The maximum absolute atomic E-state index is 15.8. The second-order valence-corrected chi connectivity index (χ2v) is 12.8. The van der Waals surface area contributed by atoms with Crippen molar-refractivity contribution in [3.05, 3.63) is 98.5 Å². The molecule has 2 N–H and O–H groups in total. The Kier molecular flexibility index (Phi) is 9.55. The van der Waals surface area contributed by atoms with Crippen LogP contribution in [0.15, 0.2) is 54.6 Å². The van der Waals surface area contributed by atoms with E-state index in [1.54, 1.807) is 0 Å². The van der Waals surface area contributed by atoms with Crippen LogP contribution in [0, 0.1) is 28.4 Å². The van der Waals surface area contributed by atoms with Gasteiger partial charge in [-0.3, -0.25) is 4.79 Å². The van der Waals surface area contributed by atoms with Gasteiger partial charge in [0.25, 0.3) is 0 Å². The summed E-state index contributed by atoms with van der Waals surface area (Å²) in [6, 6.07) is 9.91. The van der Waals surface area contributed by atoms with E-state index in [-0.39, 0.29) is 33.3 Å². The van der Waals surface area contributed by atoms with Crippen LogP contribution < -0.4 is 10.6 Å². The molecular weight excluding hydrogens is 640 g/mol. The zero-order valence-electron chi connectivity index (χ0n) is 24.5. The lowest BCUT2D eigenvalue weighted by Gasteiger charge is -2.37. The zero-order chi connectivity index (χ0) is 33.5. The molecule has 0 saturated carbocycles. The summed E-state index contributed by atoms with van der Waals surface area (Å²) in [5.74, 6) is -5.42. The van der Waals surface area contributed by atoms with Gasteiger partial charge >= 0.3 is 12.1 Å². The number of nitriles is 1. The zero-order valence-corrected chi connectivity index (χ0v) is 26.0. The number of nitrogens with one attached hydrogen (secondary N) is 2. The Balaban J connectivity index is 1.93. The molecule has 1 amide bonds. The maximum atomic E-state index is 15.8. The molecule has 1 unspecified atom stereocenters. The molecule has 45 heavy (non-hydrogen) atoms. The van der Waals surface area contributed by atoms with E-state index in [1.807, 2.05) is 20.8 Å². The molecule has 1 heterocycles. The van der Waals surface area contributed by atoms with Crippen molar-refractivity contribution in [1.82, 2.24) is 5.32 Å². The minimum atomic E-state index is -4.98. The normalized spacial score (nSPS) is 21.7. The third kappa shape index (κ3) is 6.64. The average Bonchev–Trinajstić information content (AvgIpc) is 3.26. The van der Waals surface area contributed by atoms with Crippen LogP contribution in [0.3, 0.4) is 0 Å². The number of hydrogen-bond donors (Lipinski definition) is 2. The molecule has 0 bridgehead atoms. The lowest BCUT2D eigenvalue weighted by Crippen LogP contribution is -2.45. The fourth-order valence-electron chi connectivity index (χ4n) is 5.92. The number of benzene rings is 3. The number of nitrogens with zero attached hydrogens (tertiary/aromatic N) is 1. The lowest BCUT2D eigenvalue weighted by molar-refractivity contribution is -0.138. The highest BCUT2D eigenvalue weighted by Crippen LogP contribution is 2.53. The van der Waals surface area contributed by atoms with E-state index in [4.69, 9.17) is 23.2 Å². The van der Waals surface area contributed by atoms with Gasteiger partial charge in [0.1, 0.15) is 17.0 Å². The minimum absolute atomic E-state index is 0.0401. The van der Waals surface area contributed by atoms with E-state index < -0.39 is 69.6 Å². The van der Waals surface area contributed by atoms with Crippen molar-refractivity contribution >= 4 is 40.8 Å². The number of anilines is 1. The Labute approximate surface area is 266 Å². The molecule has 6 nitrogen and oxygen atoms in total. The van der Waals surface area contributed by atoms with Gasteiger partial charge in [-0.15, -0.1) is 0 Å². The number of carbonyl (C=O) groups excluding carboxylic acids is 2. The topological polar surface area (TPSA) is 91.2 Å². The molecule has 0 spiro atoms. The molecule has 0 aromatic heterocycles. The standard InChI is InChI=1S/C32H28Cl2F5N3O3/c1-30(2,3)14-24-31(15-40,20-11-8-16(33)12-23(20)35)25(19-6-5-7-22(34)26(19)36)27(42-24)28(43)41-17-9-10-18(29(44)45-4)21(13-17)32(37,38)39/h5-13,24-25,27,42H,14H2,1-4H3,(H,41,43)/t24-,25?,27+,31-/m0/s1. The molecule has 1 aliphatic rings. The number of alkyl halides is 3. The fourth-order valence-corrected chi connectivity index (χ4v) is 6.26. The van der Waals surface area contributed by atoms with E-state index >= 15 is 8.78 Å². The van der Waals surface area contributed by atoms with Gasteiger partial charge in [0.2, 0.25) is 5.91 Å². The van der Waals surface area contributed by atoms with Gasteiger partial charge in [0.05, 0.1) is 35.4 Å². The van der Waals surface area contributed by atoms with Gasteiger partial charge in [0.15, 0.2) is 0 Å². The fraction of sp³-hybridized carbons (Fsp3) is 0.344. The Hall–Kier alpha value is -3.72. The Morgan fingerprint density at radius 1 is 1.07 bits per heavy atom. The molecule has 0 aliphatic carbocycles. The molecule has 3 aromatic carbocycles. The predicted octanol–water partition coefficient (Wildman–Crippen LogP) is 8.04. The van der Waals surface area contributed by atoms with E-state index in [1.165, 1.54) is 30.3 Å². The number of halogens is 7. The molecular formula is C32H28Cl2F5N3O3. The van der Waals surface area contributed by atoms with E-state index in [9.17, 15) is 28.0 Å². The summed E-state index contributed by atoms with van der Waals surface area (Å²) in [7, 11) is 0.929. The van der Waals surface area contributed by atoms with Gasteiger partial charge < -0.3 is 15.4 Å². The summed E-state index contributed by atoms with van der Waals surface area (Å²) < 4.78 is 77.6. The molecule has 13 heteroatoms. The van der Waals surface area contributed by atoms with Crippen molar-refractivity contribution in [3.63, 3.8) is 0 Å². The number of carbonyl (C=O) groups is 2. The van der Waals surface area contributed by atoms with Gasteiger partial charge in [-0.25, -0.2) is 13.6 Å². The SMILES string of the molecule is COC(=O)c1ccc(NC(=O)[C@@H]2N[C@@H](CC(C)(C)C)[C@](C#N)(c3ccc(Cl)cc3F)C2c2cccc(Cl)c2F)cc1C(F)(F)F. The highest BCUT2D eigenvalue weighted by atomic mass is 35.5. The first-order chi connectivity index (χ1) is 20.9. The van der Waals surface area contributed by atoms with Crippen LogP contribution in [0.4, 0.5) is 27.6 Å². The van der Waals surface area contributed by atoms with Crippen molar-refractivity contribution in [2.24, 2.45) is 5.41 Å². The van der Waals surface area contributed by atoms with Crippen LogP contribution in [0.5, 0.6) is 0 Å². The molecule has 4 atom stereocenters. The lowest BCUT2D eigenvalue weighted by atomic mass is 9.62. The second-order valence-electron chi connectivity index (χ2n) is 11.9. The molecule has 1 saturated heterocycles. The van der Waals surface area contributed by atoms with Crippen molar-refractivity contribution in [2.45, 2.75) is 56.8 Å². The van der Waals surface area contributed by atoms with Gasteiger partial charge in [-0.2, -0.15) is 18.4 Å².